The molecule has 0 spiro atoms. The third-order valence-electron chi connectivity index (χ3n) is 3.80. The van der Waals surface area contributed by atoms with E-state index in [0.29, 0.717) is 12.1 Å². The molecule has 1 saturated heterocycles. The van der Waals surface area contributed by atoms with Crippen molar-refractivity contribution in [2.45, 2.75) is 25.2 Å². The molecule has 0 N–H and O–H groups in total. The number of benzene rings is 1. The van der Waals surface area contributed by atoms with Crippen LogP contribution in [0.15, 0.2) is 18.2 Å². The summed E-state index contributed by atoms with van der Waals surface area (Å²) in [7, 11) is 0. The number of nitro groups is 1. The fraction of sp³-hybridized carbons (Fsp3) is 0.538. The van der Waals surface area contributed by atoms with Crippen LogP contribution in [0.5, 0.6) is 0 Å². The molecule has 4 nitrogen and oxygen atoms in total. The molecule has 2 rings (SSSR count). The van der Waals surface area contributed by atoms with Crippen molar-refractivity contribution in [3.05, 3.63) is 33.9 Å². The van der Waals surface area contributed by atoms with Crippen molar-refractivity contribution in [2.24, 2.45) is 5.92 Å². The third-order valence-corrected chi connectivity index (χ3v) is 3.80. The maximum absolute atomic E-state index is 12.6. The van der Waals surface area contributed by atoms with Gasteiger partial charge >= 0.3 is 12.4 Å². The number of anilines is 1. The molecule has 23 heavy (non-hydrogen) atoms. The highest BCUT2D eigenvalue weighted by atomic mass is 19.4. The molecule has 1 fully saturated rings. The highest BCUT2D eigenvalue weighted by Gasteiger charge is 2.42. The van der Waals surface area contributed by atoms with Crippen LogP contribution in [-0.4, -0.2) is 24.2 Å². The van der Waals surface area contributed by atoms with Crippen LogP contribution >= 0.6 is 0 Å². The topological polar surface area (TPSA) is 46.4 Å². The maximum Gasteiger partial charge on any atom is 0.416 e. The van der Waals surface area contributed by atoms with E-state index in [1.54, 1.807) is 0 Å². The quantitative estimate of drug-likeness (QED) is 0.455. The van der Waals surface area contributed by atoms with Gasteiger partial charge in [0.25, 0.3) is 5.69 Å². The summed E-state index contributed by atoms with van der Waals surface area (Å²) < 4.78 is 75.7. The Morgan fingerprint density at radius 3 is 2.09 bits per heavy atom. The minimum Gasteiger partial charge on any atom is -0.366 e. The first-order valence-electron chi connectivity index (χ1n) is 6.67. The highest BCUT2D eigenvalue weighted by Crippen LogP contribution is 2.40. The van der Waals surface area contributed by atoms with Crippen molar-refractivity contribution in [1.82, 2.24) is 0 Å². The van der Waals surface area contributed by atoms with E-state index in [1.807, 2.05) is 0 Å². The molecule has 1 heterocycles. The SMILES string of the molecule is O=[N+]([O-])c1cc(C(F)(F)F)ccc1N1CCC(C(F)(F)F)CC1. The molecule has 0 radical (unpaired) electrons. The number of hydrogen-bond acceptors (Lipinski definition) is 3. The van der Waals surface area contributed by atoms with Crippen LogP contribution in [-0.2, 0) is 6.18 Å². The largest absolute Gasteiger partial charge is 0.416 e. The Bertz CT molecular complexity index is 591. The van der Waals surface area contributed by atoms with Crippen molar-refractivity contribution in [2.75, 3.05) is 18.0 Å². The zero-order valence-corrected chi connectivity index (χ0v) is 11.6. The predicted molar refractivity (Wildman–Crippen MR) is 69.1 cm³/mol. The fourth-order valence-electron chi connectivity index (χ4n) is 2.56. The van der Waals surface area contributed by atoms with Gasteiger partial charge in [-0.2, -0.15) is 26.3 Å². The van der Waals surface area contributed by atoms with Crippen LogP contribution < -0.4 is 4.90 Å². The molecule has 1 aliphatic rings. The lowest BCUT2D eigenvalue weighted by Crippen LogP contribution is -2.39. The summed E-state index contributed by atoms with van der Waals surface area (Å²) in [6, 6.07) is 2.04. The lowest BCUT2D eigenvalue weighted by Gasteiger charge is -2.34. The Morgan fingerprint density at radius 2 is 1.65 bits per heavy atom. The molecule has 0 amide bonds. The summed E-state index contributed by atoms with van der Waals surface area (Å²) in [4.78, 5) is 11.4. The number of piperidine rings is 1. The van der Waals surface area contributed by atoms with Crippen LogP contribution in [0.3, 0.4) is 0 Å². The standard InChI is InChI=1S/C13H12F6N2O2/c14-12(15,16)8-3-5-20(6-4-8)10-2-1-9(13(17,18)19)7-11(10)21(22)23/h1-2,7-8H,3-6H2. The van der Waals surface area contributed by atoms with Crippen molar-refractivity contribution < 1.29 is 31.3 Å². The van der Waals surface area contributed by atoms with Crippen LogP contribution in [0, 0.1) is 16.0 Å². The van der Waals surface area contributed by atoms with E-state index in [1.165, 1.54) is 4.90 Å². The van der Waals surface area contributed by atoms with Gasteiger partial charge in [-0.05, 0) is 25.0 Å². The van der Waals surface area contributed by atoms with Gasteiger partial charge in [-0.25, -0.2) is 0 Å². The molecule has 0 atom stereocenters. The summed E-state index contributed by atoms with van der Waals surface area (Å²) in [6.07, 6.45) is -9.56. The first kappa shape index (κ1) is 17.4. The van der Waals surface area contributed by atoms with Gasteiger partial charge in [0.15, 0.2) is 0 Å². The van der Waals surface area contributed by atoms with Gasteiger partial charge in [-0.3, -0.25) is 10.1 Å². The Hall–Kier alpha value is -2.00. The molecule has 1 aromatic carbocycles. The summed E-state index contributed by atoms with van der Waals surface area (Å²) in [6.45, 7) is -0.202. The minimum absolute atomic E-state index is 0.0939. The normalized spacial score (nSPS) is 17.4. The Labute approximate surface area is 126 Å². The second kappa shape index (κ2) is 5.89. The predicted octanol–water partition coefficient (Wildman–Crippen LogP) is 4.39. The molecule has 0 aromatic heterocycles. The zero-order chi connectivity index (χ0) is 17.4. The van der Waals surface area contributed by atoms with Crippen molar-refractivity contribution in [1.29, 1.82) is 0 Å². The molecule has 1 aliphatic heterocycles. The molecule has 128 valence electrons. The molecule has 0 bridgehead atoms. The van der Waals surface area contributed by atoms with Crippen LogP contribution in [0.1, 0.15) is 18.4 Å². The fourth-order valence-corrected chi connectivity index (χ4v) is 2.56. The minimum atomic E-state index is -4.73. The first-order valence-corrected chi connectivity index (χ1v) is 6.67. The number of nitrogens with zero attached hydrogens (tertiary/aromatic N) is 2. The molecular formula is C13H12F6N2O2. The summed E-state index contributed by atoms with van der Waals surface area (Å²) in [5.41, 5.74) is -2.02. The van der Waals surface area contributed by atoms with Gasteiger partial charge in [0.2, 0.25) is 0 Å². The van der Waals surface area contributed by atoms with E-state index >= 15 is 0 Å². The summed E-state index contributed by atoms with van der Waals surface area (Å²) in [5.74, 6) is -1.49. The van der Waals surface area contributed by atoms with Gasteiger partial charge in [-0.1, -0.05) is 0 Å². The van der Waals surface area contributed by atoms with Crippen molar-refractivity contribution in [3.63, 3.8) is 0 Å². The second-order valence-electron chi connectivity index (χ2n) is 5.26. The van der Waals surface area contributed by atoms with Gasteiger partial charge in [0.1, 0.15) is 5.69 Å². The van der Waals surface area contributed by atoms with E-state index in [2.05, 4.69) is 0 Å². The Kier molecular flexibility index (Phi) is 4.45. The van der Waals surface area contributed by atoms with Crippen LogP contribution in [0.2, 0.25) is 0 Å². The molecular weight excluding hydrogens is 330 g/mol. The van der Waals surface area contributed by atoms with Gasteiger partial charge < -0.3 is 4.90 Å². The number of alkyl halides is 6. The van der Waals surface area contributed by atoms with Crippen LogP contribution in [0.25, 0.3) is 0 Å². The van der Waals surface area contributed by atoms with Crippen LogP contribution in [0.4, 0.5) is 37.7 Å². The van der Waals surface area contributed by atoms with E-state index in [9.17, 15) is 36.5 Å². The maximum atomic E-state index is 12.6. The Balaban J connectivity index is 2.25. The average molecular weight is 342 g/mol. The smallest absolute Gasteiger partial charge is 0.366 e. The molecule has 0 aliphatic carbocycles. The summed E-state index contributed by atoms with van der Waals surface area (Å²) >= 11 is 0. The number of hydrogen-bond donors (Lipinski definition) is 0. The number of halogens is 6. The number of rotatable bonds is 2. The van der Waals surface area contributed by atoms with Crippen molar-refractivity contribution in [3.8, 4) is 0 Å². The van der Waals surface area contributed by atoms with Gasteiger partial charge in [-0.15, -0.1) is 0 Å². The lowest BCUT2D eigenvalue weighted by molar-refractivity contribution is -0.384. The Morgan fingerprint density at radius 1 is 1.09 bits per heavy atom. The zero-order valence-electron chi connectivity index (χ0n) is 11.6. The van der Waals surface area contributed by atoms with E-state index in [-0.39, 0.29) is 31.6 Å². The second-order valence-corrected chi connectivity index (χ2v) is 5.26. The van der Waals surface area contributed by atoms with E-state index in [4.69, 9.17) is 0 Å². The van der Waals surface area contributed by atoms with Crippen molar-refractivity contribution >= 4 is 11.4 Å². The number of nitro benzene ring substituents is 1. The highest BCUT2D eigenvalue weighted by molar-refractivity contribution is 5.64. The molecule has 0 saturated carbocycles. The third kappa shape index (κ3) is 3.85. The average Bonchev–Trinajstić information content (AvgIpc) is 2.45. The molecule has 0 unspecified atom stereocenters. The lowest BCUT2D eigenvalue weighted by atomic mass is 9.95. The van der Waals surface area contributed by atoms with Gasteiger partial charge in [0, 0.05) is 19.2 Å². The summed E-state index contributed by atoms with van der Waals surface area (Å²) in [5, 5.41) is 11.0. The van der Waals surface area contributed by atoms with Gasteiger partial charge in [0.05, 0.1) is 16.4 Å². The van der Waals surface area contributed by atoms with E-state index < -0.39 is 34.4 Å². The monoisotopic (exact) mass is 342 g/mol. The molecule has 10 heteroatoms. The molecule has 1 aromatic rings. The first-order chi connectivity index (χ1) is 10.5. The van der Waals surface area contributed by atoms with E-state index in [0.717, 1.165) is 6.07 Å².